The Bertz CT molecular complexity index is 301. The number of nitrogens with zero attached hydrogens (tertiary/aromatic N) is 1. The topological polar surface area (TPSA) is 58.4 Å². The first-order valence-corrected chi connectivity index (χ1v) is 7.17. The molecule has 5 heteroatoms. The SMILES string of the molecule is CC(C)NC(=O)C(C)N(CC(N)=S)C1CCCC1. The van der Waals surface area contributed by atoms with Crippen LogP contribution in [0.2, 0.25) is 0 Å². The summed E-state index contributed by atoms with van der Waals surface area (Å²) < 4.78 is 0. The van der Waals surface area contributed by atoms with Crippen LogP contribution in [-0.2, 0) is 4.79 Å². The van der Waals surface area contributed by atoms with Gasteiger partial charge in [-0.2, -0.15) is 0 Å². The molecule has 1 unspecified atom stereocenters. The van der Waals surface area contributed by atoms with Gasteiger partial charge in [-0.3, -0.25) is 9.69 Å². The maximum absolute atomic E-state index is 12.1. The van der Waals surface area contributed by atoms with Gasteiger partial charge in [0.15, 0.2) is 0 Å². The molecule has 1 aliphatic rings. The highest BCUT2D eigenvalue weighted by atomic mass is 32.1. The second-order valence-corrected chi connectivity index (χ2v) is 5.94. The quantitative estimate of drug-likeness (QED) is 0.718. The molecule has 4 nitrogen and oxygen atoms in total. The standard InChI is InChI=1S/C13H25N3OS/c1-9(2)15-13(17)10(3)16(8-12(14)18)11-6-4-5-7-11/h9-11H,4-8H2,1-3H3,(H2,14,18)(H,15,17). The lowest BCUT2D eigenvalue weighted by molar-refractivity contribution is -0.126. The molecule has 0 aromatic rings. The van der Waals surface area contributed by atoms with E-state index in [-0.39, 0.29) is 18.0 Å². The number of hydrogen-bond acceptors (Lipinski definition) is 3. The monoisotopic (exact) mass is 271 g/mol. The molecular weight excluding hydrogens is 246 g/mol. The molecule has 1 fully saturated rings. The van der Waals surface area contributed by atoms with Crippen molar-refractivity contribution in [2.45, 2.75) is 64.6 Å². The van der Waals surface area contributed by atoms with Crippen LogP contribution in [-0.4, -0.2) is 40.5 Å². The minimum atomic E-state index is -0.169. The van der Waals surface area contributed by atoms with E-state index in [1.165, 1.54) is 12.8 Å². The van der Waals surface area contributed by atoms with Gasteiger partial charge in [-0.05, 0) is 33.6 Å². The first-order chi connectivity index (χ1) is 8.41. The molecule has 3 N–H and O–H groups in total. The Morgan fingerprint density at radius 1 is 1.39 bits per heavy atom. The van der Waals surface area contributed by atoms with E-state index in [1.807, 2.05) is 20.8 Å². The van der Waals surface area contributed by atoms with Crippen molar-refractivity contribution < 1.29 is 4.79 Å². The van der Waals surface area contributed by atoms with Gasteiger partial charge < -0.3 is 11.1 Å². The fraction of sp³-hybridized carbons (Fsp3) is 0.846. The van der Waals surface area contributed by atoms with E-state index in [0.717, 1.165) is 12.8 Å². The van der Waals surface area contributed by atoms with Crippen molar-refractivity contribution in [2.24, 2.45) is 5.73 Å². The fourth-order valence-electron chi connectivity index (χ4n) is 2.55. The lowest BCUT2D eigenvalue weighted by atomic mass is 10.1. The van der Waals surface area contributed by atoms with Crippen LogP contribution in [0, 0.1) is 0 Å². The number of nitrogens with one attached hydrogen (secondary N) is 1. The van der Waals surface area contributed by atoms with Crippen molar-refractivity contribution in [3.63, 3.8) is 0 Å². The first-order valence-electron chi connectivity index (χ1n) is 6.76. The van der Waals surface area contributed by atoms with Gasteiger partial charge in [-0.1, -0.05) is 25.1 Å². The molecular formula is C13H25N3OS. The number of carbonyl (C=O) groups excluding carboxylic acids is 1. The number of amides is 1. The van der Waals surface area contributed by atoms with Gasteiger partial charge in [0.05, 0.1) is 11.0 Å². The van der Waals surface area contributed by atoms with Gasteiger partial charge in [0.25, 0.3) is 0 Å². The highest BCUT2D eigenvalue weighted by molar-refractivity contribution is 7.80. The molecule has 18 heavy (non-hydrogen) atoms. The Kier molecular flexibility index (Phi) is 6.02. The Balaban J connectivity index is 2.68. The normalized spacial score (nSPS) is 18.3. The molecule has 1 rings (SSSR count). The summed E-state index contributed by atoms with van der Waals surface area (Å²) in [6.07, 6.45) is 4.75. The van der Waals surface area contributed by atoms with Gasteiger partial charge in [-0.15, -0.1) is 0 Å². The maximum Gasteiger partial charge on any atom is 0.237 e. The van der Waals surface area contributed by atoms with Crippen molar-refractivity contribution in [1.82, 2.24) is 10.2 Å². The predicted octanol–water partition coefficient (Wildman–Crippen LogP) is 1.43. The van der Waals surface area contributed by atoms with Gasteiger partial charge in [-0.25, -0.2) is 0 Å². The molecule has 0 radical (unpaired) electrons. The largest absolute Gasteiger partial charge is 0.392 e. The molecule has 1 amide bonds. The molecule has 104 valence electrons. The number of carbonyl (C=O) groups is 1. The Morgan fingerprint density at radius 3 is 2.39 bits per heavy atom. The van der Waals surface area contributed by atoms with E-state index in [2.05, 4.69) is 10.2 Å². The summed E-state index contributed by atoms with van der Waals surface area (Å²) in [5.74, 6) is 0.0631. The Labute approximate surface area is 115 Å². The summed E-state index contributed by atoms with van der Waals surface area (Å²) in [4.78, 5) is 14.7. The minimum Gasteiger partial charge on any atom is -0.392 e. The van der Waals surface area contributed by atoms with Crippen LogP contribution in [0.25, 0.3) is 0 Å². The average Bonchev–Trinajstić information content (AvgIpc) is 2.76. The van der Waals surface area contributed by atoms with E-state index < -0.39 is 0 Å². The Hall–Kier alpha value is -0.680. The van der Waals surface area contributed by atoms with Gasteiger partial charge >= 0.3 is 0 Å². The number of rotatable bonds is 6. The maximum atomic E-state index is 12.1. The second kappa shape index (κ2) is 7.04. The highest BCUT2D eigenvalue weighted by Gasteiger charge is 2.30. The van der Waals surface area contributed by atoms with Crippen molar-refractivity contribution in [1.29, 1.82) is 0 Å². The van der Waals surface area contributed by atoms with E-state index in [9.17, 15) is 4.79 Å². The molecule has 0 heterocycles. The predicted molar refractivity (Wildman–Crippen MR) is 78.5 cm³/mol. The zero-order chi connectivity index (χ0) is 13.7. The summed E-state index contributed by atoms with van der Waals surface area (Å²) in [5, 5.41) is 2.96. The molecule has 1 aliphatic carbocycles. The van der Waals surface area contributed by atoms with Crippen LogP contribution in [0.3, 0.4) is 0 Å². The molecule has 1 saturated carbocycles. The van der Waals surface area contributed by atoms with Crippen molar-refractivity contribution >= 4 is 23.1 Å². The zero-order valence-corrected chi connectivity index (χ0v) is 12.4. The highest BCUT2D eigenvalue weighted by Crippen LogP contribution is 2.25. The average molecular weight is 271 g/mol. The van der Waals surface area contributed by atoms with E-state index in [1.54, 1.807) is 0 Å². The van der Waals surface area contributed by atoms with Gasteiger partial charge in [0.2, 0.25) is 5.91 Å². The summed E-state index contributed by atoms with van der Waals surface area (Å²) >= 11 is 5.01. The van der Waals surface area contributed by atoms with Crippen LogP contribution in [0.4, 0.5) is 0 Å². The smallest absolute Gasteiger partial charge is 0.237 e. The number of hydrogen-bond donors (Lipinski definition) is 2. The molecule has 0 saturated heterocycles. The molecule has 0 aromatic heterocycles. The lowest BCUT2D eigenvalue weighted by Crippen LogP contribution is -2.52. The third kappa shape index (κ3) is 4.53. The van der Waals surface area contributed by atoms with E-state index in [4.69, 9.17) is 18.0 Å². The lowest BCUT2D eigenvalue weighted by Gasteiger charge is -2.33. The van der Waals surface area contributed by atoms with Crippen molar-refractivity contribution in [3.05, 3.63) is 0 Å². The van der Waals surface area contributed by atoms with Crippen LogP contribution in [0.5, 0.6) is 0 Å². The van der Waals surface area contributed by atoms with E-state index in [0.29, 0.717) is 17.6 Å². The number of nitrogens with two attached hydrogens (primary N) is 1. The van der Waals surface area contributed by atoms with Crippen LogP contribution >= 0.6 is 12.2 Å². The van der Waals surface area contributed by atoms with Crippen LogP contribution in [0.15, 0.2) is 0 Å². The molecule has 0 aromatic carbocycles. The Morgan fingerprint density at radius 2 is 1.94 bits per heavy atom. The van der Waals surface area contributed by atoms with Crippen LogP contribution < -0.4 is 11.1 Å². The molecule has 0 spiro atoms. The second-order valence-electron chi connectivity index (χ2n) is 5.42. The van der Waals surface area contributed by atoms with Crippen LogP contribution in [0.1, 0.15) is 46.5 Å². The third-order valence-electron chi connectivity index (χ3n) is 3.44. The van der Waals surface area contributed by atoms with Gasteiger partial charge in [0.1, 0.15) is 0 Å². The first kappa shape index (κ1) is 15.4. The summed E-state index contributed by atoms with van der Waals surface area (Å²) in [7, 11) is 0. The summed E-state index contributed by atoms with van der Waals surface area (Å²) in [5.41, 5.74) is 5.66. The molecule has 0 aliphatic heterocycles. The number of thiocarbonyl (C=S) groups is 1. The van der Waals surface area contributed by atoms with Gasteiger partial charge in [0, 0.05) is 18.6 Å². The molecule has 1 atom stereocenters. The van der Waals surface area contributed by atoms with Crippen molar-refractivity contribution in [2.75, 3.05) is 6.54 Å². The summed E-state index contributed by atoms with van der Waals surface area (Å²) in [6.45, 7) is 6.41. The zero-order valence-electron chi connectivity index (χ0n) is 11.6. The fourth-order valence-corrected chi connectivity index (χ4v) is 2.70. The van der Waals surface area contributed by atoms with Crippen molar-refractivity contribution in [3.8, 4) is 0 Å². The van der Waals surface area contributed by atoms with E-state index >= 15 is 0 Å². The molecule has 0 bridgehead atoms. The minimum absolute atomic E-state index is 0.0631. The summed E-state index contributed by atoms with van der Waals surface area (Å²) in [6, 6.07) is 0.437. The third-order valence-corrected chi connectivity index (χ3v) is 3.57.